The topological polar surface area (TPSA) is 82.3 Å². The zero-order valence-electron chi connectivity index (χ0n) is 16.0. The van der Waals surface area contributed by atoms with Gasteiger partial charge < -0.3 is 10.3 Å². The maximum atomic E-state index is 13.4. The average Bonchev–Trinajstić information content (AvgIpc) is 3.17. The van der Waals surface area contributed by atoms with Crippen LogP contribution in [-0.4, -0.2) is 26.4 Å². The third-order valence-corrected chi connectivity index (χ3v) is 6.48. The fourth-order valence-electron chi connectivity index (χ4n) is 3.09. The van der Waals surface area contributed by atoms with Crippen LogP contribution in [0.25, 0.3) is 10.9 Å². The molecular weight excluding hydrogens is 405 g/mol. The van der Waals surface area contributed by atoms with Gasteiger partial charge in [0.2, 0.25) is 0 Å². The number of halogens is 1. The van der Waals surface area contributed by atoms with Gasteiger partial charge >= 0.3 is 0 Å². The van der Waals surface area contributed by atoms with E-state index in [0.29, 0.717) is 22.3 Å². The normalized spacial score (nSPS) is 11.4. The molecule has 0 aliphatic carbocycles. The predicted molar refractivity (Wildman–Crippen MR) is 115 cm³/mol. The first-order valence-electron chi connectivity index (χ1n) is 9.08. The summed E-state index contributed by atoms with van der Waals surface area (Å²) in [6, 6.07) is 20.4. The number of nitrogens with zero attached hydrogens (tertiary/aromatic N) is 1. The second-order valence-electron chi connectivity index (χ2n) is 6.70. The minimum absolute atomic E-state index is 0.0466. The number of aromatic nitrogens is 1. The number of carbonyl (C=O) groups is 1. The zero-order valence-corrected chi connectivity index (χ0v) is 16.8. The average molecular weight is 423 g/mol. The van der Waals surface area contributed by atoms with Crippen molar-refractivity contribution in [2.24, 2.45) is 0 Å². The molecule has 0 spiro atoms. The molecule has 30 heavy (non-hydrogen) atoms. The van der Waals surface area contributed by atoms with Gasteiger partial charge in [0.15, 0.2) is 0 Å². The summed E-state index contributed by atoms with van der Waals surface area (Å²) in [6.45, 7) is 0. The van der Waals surface area contributed by atoms with Crippen molar-refractivity contribution >= 4 is 38.2 Å². The van der Waals surface area contributed by atoms with Crippen molar-refractivity contribution in [3.8, 4) is 0 Å². The van der Waals surface area contributed by atoms with Crippen LogP contribution in [0, 0.1) is 5.82 Å². The summed E-state index contributed by atoms with van der Waals surface area (Å²) in [5.41, 5.74) is 1.72. The minimum atomic E-state index is -3.81. The van der Waals surface area contributed by atoms with Crippen molar-refractivity contribution in [3.63, 3.8) is 0 Å². The Bertz CT molecular complexity index is 1330. The van der Waals surface area contributed by atoms with Crippen LogP contribution in [0.4, 0.5) is 15.8 Å². The van der Waals surface area contributed by atoms with Crippen molar-refractivity contribution in [1.29, 1.82) is 0 Å². The molecule has 4 aromatic rings. The van der Waals surface area contributed by atoms with E-state index in [9.17, 15) is 17.6 Å². The van der Waals surface area contributed by atoms with E-state index in [0.717, 1.165) is 0 Å². The molecule has 4 rings (SSSR count). The second-order valence-corrected chi connectivity index (χ2v) is 8.67. The zero-order chi connectivity index (χ0) is 21.3. The number of hydrogen-bond acceptors (Lipinski definition) is 3. The summed E-state index contributed by atoms with van der Waals surface area (Å²) >= 11 is 0. The summed E-state index contributed by atoms with van der Waals surface area (Å²) in [5, 5.41) is 3.25. The van der Waals surface area contributed by atoms with Gasteiger partial charge in [-0.15, -0.1) is 0 Å². The number of anilines is 2. The lowest BCUT2D eigenvalue weighted by atomic mass is 10.2. The lowest BCUT2D eigenvalue weighted by Crippen LogP contribution is -2.26. The van der Waals surface area contributed by atoms with Gasteiger partial charge in [-0.25, -0.2) is 12.8 Å². The maximum absolute atomic E-state index is 13.4. The molecule has 1 amide bonds. The number of benzene rings is 3. The van der Waals surface area contributed by atoms with Crippen LogP contribution in [0.1, 0.15) is 10.5 Å². The fraction of sp³-hybridized carbons (Fsp3) is 0.0455. The Balaban J connectivity index is 1.59. The predicted octanol–water partition coefficient (Wildman–Crippen LogP) is 4.38. The Hall–Kier alpha value is -3.65. The molecule has 0 radical (unpaired) electrons. The van der Waals surface area contributed by atoms with Crippen LogP contribution in [0.5, 0.6) is 0 Å². The number of para-hydroxylation sites is 1. The SMILES string of the molecule is CN(c1ccccc1)S(=O)(=O)c1cccc(NC(=O)c2cc3cc(F)ccc3[nH]2)c1. The van der Waals surface area contributed by atoms with Crippen LogP contribution in [-0.2, 0) is 10.0 Å². The summed E-state index contributed by atoms with van der Waals surface area (Å²) in [5.74, 6) is -0.855. The number of nitrogens with one attached hydrogen (secondary N) is 2. The molecule has 0 saturated heterocycles. The highest BCUT2D eigenvalue weighted by atomic mass is 32.2. The van der Waals surface area contributed by atoms with E-state index in [-0.39, 0.29) is 10.6 Å². The quantitative estimate of drug-likeness (QED) is 0.500. The van der Waals surface area contributed by atoms with E-state index in [4.69, 9.17) is 0 Å². The van der Waals surface area contributed by atoms with E-state index in [1.165, 1.54) is 41.7 Å². The number of aromatic amines is 1. The fourth-order valence-corrected chi connectivity index (χ4v) is 4.34. The number of rotatable bonds is 5. The summed E-state index contributed by atoms with van der Waals surface area (Å²) in [6.07, 6.45) is 0. The number of sulfonamides is 1. The van der Waals surface area contributed by atoms with Crippen LogP contribution in [0.15, 0.2) is 83.8 Å². The molecule has 0 atom stereocenters. The van der Waals surface area contributed by atoms with E-state index >= 15 is 0 Å². The molecule has 0 saturated carbocycles. The molecule has 0 unspecified atom stereocenters. The second kappa shape index (κ2) is 7.64. The molecule has 0 aliphatic heterocycles. The Labute approximate surface area is 173 Å². The largest absolute Gasteiger partial charge is 0.351 e. The first-order valence-corrected chi connectivity index (χ1v) is 10.5. The number of fused-ring (bicyclic) bond motifs is 1. The highest BCUT2D eigenvalue weighted by molar-refractivity contribution is 7.92. The van der Waals surface area contributed by atoms with Crippen molar-refractivity contribution in [2.45, 2.75) is 4.90 Å². The highest BCUT2D eigenvalue weighted by Crippen LogP contribution is 2.24. The third kappa shape index (κ3) is 3.77. The lowest BCUT2D eigenvalue weighted by Gasteiger charge is -2.19. The summed E-state index contributed by atoms with van der Waals surface area (Å²) in [7, 11) is -2.34. The number of H-pyrrole nitrogens is 1. The van der Waals surface area contributed by atoms with Crippen molar-refractivity contribution < 1.29 is 17.6 Å². The van der Waals surface area contributed by atoms with Gasteiger partial charge in [0.1, 0.15) is 11.5 Å². The molecule has 6 nitrogen and oxygen atoms in total. The first kappa shape index (κ1) is 19.7. The van der Waals surface area contributed by atoms with E-state index in [1.54, 1.807) is 48.5 Å². The summed E-state index contributed by atoms with van der Waals surface area (Å²) in [4.78, 5) is 15.6. The van der Waals surface area contributed by atoms with Crippen LogP contribution >= 0.6 is 0 Å². The standard InChI is InChI=1S/C22H18FN3O3S/c1-26(18-7-3-2-4-8-18)30(28,29)19-9-5-6-17(14-19)24-22(27)21-13-15-12-16(23)10-11-20(15)25-21/h2-14,25H,1H3,(H,24,27). The van der Waals surface area contributed by atoms with Gasteiger partial charge in [0, 0.05) is 23.6 Å². The highest BCUT2D eigenvalue weighted by Gasteiger charge is 2.22. The van der Waals surface area contributed by atoms with Crippen molar-refractivity contribution in [3.05, 3.63) is 90.4 Å². The summed E-state index contributed by atoms with van der Waals surface area (Å²) < 4.78 is 40.5. The lowest BCUT2D eigenvalue weighted by molar-refractivity contribution is 0.102. The maximum Gasteiger partial charge on any atom is 0.272 e. The van der Waals surface area contributed by atoms with E-state index in [1.807, 2.05) is 0 Å². The van der Waals surface area contributed by atoms with Crippen molar-refractivity contribution in [1.82, 2.24) is 4.98 Å². The smallest absolute Gasteiger partial charge is 0.272 e. The molecule has 0 fully saturated rings. The Morgan fingerprint density at radius 1 is 0.967 bits per heavy atom. The molecule has 3 aromatic carbocycles. The molecular formula is C22H18FN3O3S. The molecule has 0 bridgehead atoms. The first-order chi connectivity index (χ1) is 14.3. The third-order valence-electron chi connectivity index (χ3n) is 4.70. The Morgan fingerprint density at radius 2 is 1.73 bits per heavy atom. The molecule has 152 valence electrons. The van der Waals surface area contributed by atoms with Gasteiger partial charge in [-0.1, -0.05) is 24.3 Å². The van der Waals surface area contributed by atoms with Crippen LogP contribution in [0.2, 0.25) is 0 Å². The molecule has 8 heteroatoms. The van der Waals surface area contributed by atoms with Crippen molar-refractivity contribution in [2.75, 3.05) is 16.7 Å². The number of hydrogen-bond donors (Lipinski definition) is 2. The van der Waals surface area contributed by atoms with E-state index in [2.05, 4.69) is 10.3 Å². The van der Waals surface area contributed by atoms with E-state index < -0.39 is 21.7 Å². The Morgan fingerprint density at radius 3 is 2.50 bits per heavy atom. The molecule has 1 heterocycles. The van der Waals surface area contributed by atoms with Gasteiger partial charge in [-0.3, -0.25) is 9.10 Å². The Kier molecular flexibility index (Phi) is 5.01. The van der Waals surface area contributed by atoms with Crippen LogP contribution in [0.3, 0.4) is 0 Å². The molecule has 0 aliphatic rings. The van der Waals surface area contributed by atoms with Crippen LogP contribution < -0.4 is 9.62 Å². The van der Waals surface area contributed by atoms with Gasteiger partial charge in [0.05, 0.1) is 10.6 Å². The van der Waals surface area contributed by atoms with Gasteiger partial charge in [-0.2, -0.15) is 0 Å². The molecule has 2 N–H and O–H groups in total. The monoisotopic (exact) mass is 423 g/mol. The molecule has 1 aromatic heterocycles. The number of amides is 1. The van der Waals surface area contributed by atoms with Gasteiger partial charge in [0.25, 0.3) is 15.9 Å². The number of carbonyl (C=O) groups excluding carboxylic acids is 1. The van der Waals surface area contributed by atoms with Gasteiger partial charge in [-0.05, 0) is 54.6 Å². The minimum Gasteiger partial charge on any atom is -0.351 e.